The van der Waals surface area contributed by atoms with Crippen LogP contribution in [0.1, 0.15) is 13.8 Å². The number of benzene rings is 1. The predicted octanol–water partition coefficient (Wildman–Crippen LogP) is 2.16. The molecule has 0 aliphatic carbocycles. The molecule has 0 saturated heterocycles. The van der Waals surface area contributed by atoms with Gasteiger partial charge in [0.05, 0.1) is 5.92 Å². The summed E-state index contributed by atoms with van der Waals surface area (Å²) < 4.78 is 25.9. The Morgan fingerprint density at radius 1 is 1.33 bits per heavy atom. The van der Waals surface area contributed by atoms with E-state index in [0.29, 0.717) is 5.69 Å². The Bertz CT molecular complexity index is 435. The molecule has 0 radical (unpaired) electrons. The molecule has 100 valence electrons. The summed E-state index contributed by atoms with van der Waals surface area (Å²) in [6.07, 6.45) is 0. The van der Waals surface area contributed by atoms with Crippen molar-refractivity contribution in [2.24, 2.45) is 17.6 Å². The third kappa shape index (κ3) is 3.04. The molecule has 0 spiro atoms. The highest BCUT2D eigenvalue weighted by Gasteiger charge is 2.24. The molecule has 2 N–H and O–H groups in total. The van der Waals surface area contributed by atoms with Gasteiger partial charge >= 0.3 is 0 Å². The number of nitrogens with two attached hydrogens (primary N) is 1. The molecule has 0 aliphatic heterocycles. The monoisotopic (exact) mass is 256 g/mol. The molecule has 1 rings (SSSR count). The molecule has 1 atom stereocenters. The van der Waals surface area contributed by atoms with Gasteiger partial charge in [0.2, 0.25) is 5.91 Å². The molecule has 0 aromatic heterocycles. The van der Waals surface area contributed by atoms with Crippen molar-refractivity contribution in [3.8, 4) is 0 Å². The molecule has 18 heavy (non-hydrogen) atoms. The number of halogens is 2. The van der Waals surface area contributed by atoms with E-state index in [1.165, 1.54) is 18.0 Å². The second kappa shape index (κ2) is 5.91. The van der Waals surface area contributed by atoms with E-state index in [4.69, 9.17) is 5.73 Å². The summed E-state index contributed by atoms with van der Waals surface area (Å²) in [5, 5.41) is 0. The molecule has 0 saturated carbocycles. The van der Waals surface area contributed by atoms with Gasteiger partial charge in [0.25, 0.3) is 0 Å². The maximum Gasteiger partial charge on any atom is 0.231 e. The number of hydrogen-bond donors (Lipinski definition) is 1. The lowest BCUT2D eigenvalue weighted by molar-refractivity contribution is -0.123. The standard InChI is InChI=1S/C13H18F2N2O/c1-8(2)10(7-16)13(18)17(3)9-4-5-11(14)12(15)6-9/h4-6,8,10H,7,16H2,1-3H3. The second-order valence-electron chi connectivity index (χ2n) is 4.58. The lowest BCUT2D eigenvalue weighted by Gasteiger charge is -2.25. The van der Waals surface area contributed by atoms with Crippen molar-refractivity contribution >= 4 is 11.6 Å². The van der Waals surface area contributed by atoms with E-state index in [1.54, 1.807) is 0 Å². The number of carbonyl (C=O) groups excluding carboxylic acids is 1. The van der Waals surface area contributed by atoms with Gasteiger partial charge in [-0.25, -0.2) is 8.78 Å². The van der Waals surface area contributed by atoms with Crippen LogP contribution < -0.4 is 10.6 Å². The fourth-order valence-electron chi connectivity index (χ4n) is 1.73. The fraction of sp³-hybridized carbons (Fsp3) is 0.462. The van der Waals surface area contributed by atoms with Crippen LogP contribution in [0.5, 0.6) is 0 Å². The predicted molar refractivity (Wildman–Crippen MR) is 67.2 cm³/mol. The van der Waals surface area contributed by atoms with Gasteiger partial charge in [0, 0.05) is 25.3 Å². The number of hydrogen-bond acceptors (Lipinski definition) is 2. The van der Waals surface area contributed by atoms with Crippen molar-refractivity contribution in [2.75, 3.05) is 18.5 Å². The molecule has 0 fully saturated rings. The molecule has 3 nitrogen and oxygen atoms in total. The molecule has 1 unspecified atom stereocenters. The van der Waals surface area contributed by atoms with Crippen LogP contribution in [0.2, 0.25) is 0 Å². The Balaban J connectivity index is 2.95. The molecule has 1 aromatic carbocycles. The van der Waals surface area contributed by atoms with Gasteiger partial charge < -0.3 is 10.6 Å². The summed E-state index contributed by atoms with van der Waals surface area (Å²) in [5.74, 6) is -2.34. The zero-order chi connectivity index (χ0) is 13.9. The smallest absolute Gasteiger partial charge is 0.231 e. The highest BCUT2D eigenvalue weighted by Crippen LogP contribution is 2.20. The number of anilines is 1. The first-order valence-electron chi connectivity index (χ1n) is 5.81. The van der Waals surface area contributed by atoms with E-state index in [0.717, 1.165) is 12.1 Å². The zero-order valence-electron chi connectivity index (χ0n) is 10.8. The molecular formula is C13H18F2N2O. The van der Waals surface area contributed by atoms with E-state index >= 15 is 0 Å². The summed E-state index contributed by atoms with van der Waals surface area (Å²) in [5.41, 5.74) is 5.88. The first-order valence-corrected chi connectivity index (χ1v) is 5.81. The van der Waals surface area contributed by atoms with Crippen molar-refractivity contribution < 1.29 is 13.6 Å². The number of amides is 1. The van der Waals surface area contributed by atoms with Crippen LogP contribution in [-0.4, -0.2) is 19.5 Å². The maximum atomic E-state index is 13.1. The summed E-state index contributed by atoms with van der Waals surface area (Å²) in [6, 6.07) is 3.37. The normalized spacial score (nSPS) is 12.6. The molecular weight excluding hydrogens is 238 g/mol. The summed E-state index contributed by atoms with van der Waals surface area (Å²) in [6.45, 7) is 4.02. The SMILES string of the molecule is CC(C)C(CN)C(=O)N(C)c1ccc(F)c(F)c1. The van der Waals surface area contributed by atoms with Crippen LogP contribution >= 0.6 is 0 Å². The molecule has 1 amide bonds. The van der Waals surface area contributed by atoms with E-state index in [-0.39, 0.29) is 24.3 Å². The lowest BCUT2D eigenvalue weighted by atomic mass is 9.94. The Hall–Kier alpha value is -1.49. The van der Waals surface area contributed by atoms with E-state index < -0.39 is 11.6 Å². The quantitative estimate of drug-likeness (QED) is 0.897. The van der Waals surface area contributed by atoms with Crippen molar-refractivity contribution in [3.05, 3.63) is 29.8 Å². The van der Waals surface area contributed by atoms with Crippen molar-refractivity contribution in [3.63, 3.8) is 0 Å². The highest BCUT2D eigenvalue weighted by molar-refractivity contribution is 5.94. The average Bonchev–Trinajstić information content (AvgIpc) is 2.32. The molecule has 0 bridgehead atoms. The van der Waals surface area contributed by atoms with Gasteiger partial charge in [-0.05, 0) is 18.1 Å². The van der Waals surface area contributed by atoms with Crippen molar-refractivity contribution in [1.29, 1.82) is 0 Å². The van der Waals surface area contributed by atoms with Gasteiger partial charge in [0.1, 0.15) is 0 Å². The number of nitrogens with zero attached hydrogens (tertiary/aromatic N) is 1. The zero-order valence-corrected chi connectivity index (χ0v) is 10.8. The topological polar surface area (TPSA) is 46.3 Å². The first-order chi connectivity index (χ1) is 8.38. The molecule has 5 heteroatoms. The van der Waals surface area contributed by atoms with Crippen LogP contribution in [0.3, 0.4) is 0 Å². The van der Waals surface area contributed by atoms with Gasteiger partial charge in [-0.3, -0.25) is 4.79 Å². The van der Waals surface area contributed by atoms with Crippen LogP contribution in [0, 0.1) is 23.5 Å². The minimum Gasteiger partial charge on any atom is -0.330 e. The summed E-state index contributed by atoms with van der Waals surface area (Å²) in [4.78, 5) is 13.4. The highest BCUT2D eigenvalue weighted by atomic mass is 19.2. The van der Waals surface area contributed by atoms with E-state index in [1.807, 2.05) is 13.8 Å². The van der Waals surface area contributed by atoms with E-state index in [9.17, 15) is 13.6 Å². The Labute approximate surface area is 106 Å². The van der Waals surface area contributed by atoms with Gasteiger partial charge in [0.15, 0.2) is 11.6 Å². The Kier molecular flexibility index (Phi) is 4.78. The third-order valence-electron chi connectivity index (χ3n) is 3.00. The number of rotatable bonds is 4. The molecule has 1 aromatic rings. The minimum atomic E-state index is -0.971. The summed E-state index contributed by atoms with van der Waals surface area (Å²) >= 11 is 0. The molecule has 0 heterocycles. The fourth-order valence-corrected chi connectivity index (χ4v) is 1.73. The average molecular weight is 256 g/mol. The largest absolute Gasteiger partial charge is 0.330 e. The van der Waals surface area contributed by atoms with Crippen molar-refractivity contribution in [1.82, 2.24) is 0 Å². The van der Waals surface area contributed by atoms with Crippen LogP contribution in [0.4, 0.5) is 14.5 Å². The second-order valence-corrected chi connectivity index (χ2v) is 4.58. The van der Waals surface area contributed by atoms with Crippen LogP contribution in [0.25, 0.3) is 0 Å². The Morgan fingerprint density at radius 3 is 2.39 bits per heavy atom. The van der Waals surface area contributed by atoms with Gasteiger partial charge in [-0.15, -0.1) is 0 Å². The van der Waals surface area contributed by atoms with Crippen LogP contribution in [-0.2, 0) is 4.79 Å². The van der Waals surface area contributed by atoms with E-state index in [2.05, 4.69) is 0 Å². The summed E-state index contributed by atoms with van der Waals surface area (Å²) in [7, 11) is 1.53. The first kappa shape index (κ1) is 14.6. The maximum absolute atomic E-state index is 13.1. The minimum absolute atomic E-state index is 0.0928. The Morgan fingerprint density at radius 2 is 1.94 bits per heavy atom. The third-order valence-corrected chi connectivity index (χ3v) is 3.00. The number of carbonyl (C=O) groups is 1. The molecule has 0 aliphatic rings. The lowest BCUT2D eigenvalue weighted by Crippen LogP contribution is -2.39. The van der Waals surface area contributed by atoms with Gasteiger partial charge in [-0.2, -0.15) is 0 Å². The van der Waals surface area contributed by atoms with Gasteiger partial charge in [-0.1, -0.05) is 13.8 Å². The van der Waals surface area contributed by atoms with Crippen LogP contribution in [0.15, 0.2) is 18.2 Å². The van der Waals surface area contributed by atoms with Crippen molar-refractivity contribution in [2.45, 2.75) is 13.8 Å².